The third-order valence-electron chi connectivity index (χ3n) is 3.01. The summed E-state index contributed by atoms with van der Waals surface area (Å²) in [5, 5.41) is 7.82. The number of aryl methyl sites for hydroxylation is 1. The molecular formula is C15H11F3N4OS. The third kappa shape index (κ3) is 3.91. The second-order valence-electron chi connectivity index (χ2n) is 4.88. The van der Waals surface area contributed by atoms with Crippen molar-refractivity contribution in [2.45, 2.75) is 24.0 Å². The van der Waals surface area contributed by atoms with E-state index in [1.165, 1.54) is 0 Å². The van der Waals surface area contributed by atoms with E-state index in [4.69, 9.17) is 4.42 Å². The fourth-order valence-corrected chi connectivity index (χ4v) is 2.49. The zero-order valence-corrected chi connectivity index (χ0v) is 13.2. The van der Waals surface area contributed by atoms with E-state index in [1.807, 2.05) is 31.2 Å². The van der Waals surface area contributed by atoms with Crippen molar-refractivity contribution in [1.82, 2.24) is 20.2 Å². The third-order valence-corrected chi connectivity index (χ3v) is 3.86. The molecule has 0 fully saturated rings. The molecule has 24 heavy (non-hydrogen) atoms. The quantitative estimate of drug-likeness (QED) is 0.519. The SMILES string of the molecule is Cc1ccc(-c2nnc(CSc3nccc(C(F)(F)F)n3)o2)cc1. The molecule has 0 aliphatic carbocycles. The van der Waals surface area contributed by atoms with Crippen LogP contribution >= 0.6 is 11.8 Å². The number of aromatic nitrogens is 4. The number of benzene rings is 1. The minimum Gasteiger partial charge on any atom is -0.420 e. The Labute approximate surface area is 139 Å². The van der Waals surface area contributed by atoms with Gasteiger partial charge in [0.1, 0.15) is 5.69 Å². The number of hydrogen-bond acceptors (Lipinski definition) is 6. The number of thioether (sulfide) groups is 1. The molecule has 0 radical (unpaired) electrons. The summed E-state index contributed by atoms with van der Waals surface area (Å²) >= 11 is 0.996. The van der Waals surface area contributed by atoms with Gasteiger partial charge in [0, 0.05) is 11.8 Å². The minimum absolute atomic E-state index is 0.0000825. The van der Waals surface area contributed by atoms with Gasteiger partial charge in [-0.05, 0) is 25.1 Å². The van der Waals surface area contributed by atoms with Gasteiger partial charge in [-0.3, -0.25) is 0 Å². The molecule has 0 saturated heterocycles. The Kier molecular flexibility index (Phi) is 4.52. The highest BCUT2D eigenvalue weighted by atomic mass is 32.2. The highest BCUT2D eigenvalue weighted by Gasteiger charge is 2.32. The summed E-state index contributed by atoms with van der Waals surface area (Å²) in [6.07, 6.45) is -3.43. The summed E-state index contributed by atoms with van der Waals surface area (Å²) in [6.45, 7) is 1.97. The fraction of sp³-hybridized carbons (Fsp3) is 0.200. The van der Waals surface area contributed by atoms with Crippen LogP contribution in [0.1, 0.15) is 17.1 Å². The van der Waals surface area contributed by atoms with Gasteiger partial charge in [0.25, 0.3) is 0 Å². The maximum absolute atomic E-state index is 12.6. The van der Waals surface area contributed by atoms with E-state index in [0.717, 1.165) is 35.2 Å². The van der Waals surface area contributed by atoms with E-state index >= 15 is 0 Å². The molecule has 0 aliphatic heterocycles. The number of alkyl halides is 3. The van der Waals surface area contributed by atoms with Crippen LogP contribution in [0.15, 0.2) is 46.1 Å². The molecule has 0 saturated carbocycles. The lowest BCUT2D eigenvalue weighted by Crippen LogP contribution is -2.08. The molecule has 124 valence electrons. The first-order valence-electron chi connectivity index (χ1n) is 6.84. The van der Waals surface area contributed by atoms with Crippen LogP contribution in [0.2, 0.25) is 0 Å². The second-order valence-corrected chi connectivity index (χ2v) is 5.82. The zero-order chi connectivity index (χ0) is 17.2. The van der Waals surface area contributed by atoms with Crippen molar-refractivity contribution in [2.75, 3.05) is 0 Å². The standard InChI is InChI=1S/C15H11F3N4OS/c1-9-2-4-10(5-3-9)13-22-21-12(23-13)8-24-14-19-7-6-11(20-14)15(16,17)18/h2-7H,8H2,1H3. The molecule has 3 aromatic rings. The van der Waals surface area contributed by atoms with Crippen LogP contribution in [0.3, 0.4) is 0 Å². The summed E-state index contributed by atoms with van der Waals surface area (Å²) in [4.78, 5) is 7.28. The second kappa shape index (κ2) is 6.60. The summed E-state index contributed by atoms with van der Waals surface area (Å²) in [7, 11) is 0. The van der Waals surface area contributed by atoms with Crippen molar-refractivity contribution >= 4 is 11.8 Å². The first-order chi connectivity index (χ1) is 11.4. The maximum atomic E-state index is 12.6. The Morgan fingerprint density at radius 2 is 1.83 bits per heavy atom. The van der Waals surface area contributed by atoms with E-state index in [9.17, 15) is 13.2 Å². The Balaban J connectivity index is 1.69. The Bertz CT molecular complexity index is 833. The molecule has 3 rings (SSSR count). The van der Waals surface area contributed by atoms with Gasteiger partial charge < -0.3 is 4.42 Å². The largest absolute Gasteiger partial charge is 0.433 e. The Hall–Kier alpha value is -2.42. The number of hydrogen-bond donors (Lipinski definition) is 0. The van der Waals surface area contributed by atoms with Crippen molar-refractivity contribution in [1.29, 1.82) is 0 Å². The highest BCUT2D eigenvalue weighted by Crippen LogP contribution is 2.29. The maximum Gasteiger partial charge on any atom is 0.433 e. The molecule has 5 nitrogen and oxygen atoms in total. The summed E-state index contributed by atoms with van der Waals surface area (Å²) in [5.74, 6) is 0.826. The van der Waals surface area contributed by atoms with Gasteiger partial charge in [0.2, 0.25) is 11.8 Å². The molecule has 0 amide bonds. The number of nitrogens with zero attached hydrogens (tertiary/aromatic N) is 4. The van der Waals surface area contributed by atoms with E-state index < -0.39 is 11.9 Å². The monoisotopic (exact) mass is 352 g/mol. The van der Waals surface area contributed by atoms with Gasteiger partial charge in [-0.25, -0.2) is 9.97 Å². The molecule has 2 aromatic heterocycles. The molecule has 0 aliphatic rings. The number of halogens is 3. The average molecular weight is 352 g/mol. The lowest BCUT2D eigenvalue weighted by atomic mass is 10.1. The summed E-state index contributed by atoms with van der Waals surface area (Å²) in [6, 6.07) is 8.38. The number of rotatable bonds is 4. The smallest absolute Gasteiger partial charge is 0.420 e. The predicted octanol–water partition coefficient (Wildman–Crippen LogP) is 4.15. The van der Waals surface area contributed by atoms with Crippen LogP contribution in [-0.2, 0) is 11.9 Å². The average Bonchev–Trinajstić information content (AvgIpc) is 3.02. The van der Waals surface area contributed by atoms with Crippen molar-refractivity contribution in [3.8, 4) is 11.5 Å². The molecule has 1 aromatic carbocycles. The molecule has 0 N–H and O–H groups in total. The van der Waals surface area contributed by atoms with Gasteiger partial charge in [-0.2, -0.15) is 13.2 Å². The van der Waals surface area contributed by atoms with Gasteiger partial charge >= 0.3 is 6.18 Å². The summed E-state index contributed by atoms with van der Waals surface area (Å²) in [5.41, 5.74) is 0.904. The van der Waals surface area contributed by atoms with E-state index in [1.54, 1.807) is 0 Å². The van der Waals surface area contributed by atoms with E-state index in [0.29, 0.717) is 5.89 Å². The molecule has 0 bridgehead atoms. The van der Waals surface area contributed by atoms with E-state index in [-0.39, 0.29) is 16.8 Å². The Morgan fingerprint density at radius 1 is 1.08 bits per heavy atom. The molecule has 0 unspecified atom stereocenters. The molecule has 2 heterocycles. The van der Waals surface area contributed by atoms with Crippen LogP contribution in [-0.4, -0.2) is 20.2 Å². The lowest BCUT2D eigenvalue weighted by Gasteiger charge is -2.05. The van der Waals surface area contributed by atoms with Gasteiger partial charge in [-0.1, -0.05) is 29.5 Å². The fourth-order valence-electron chi connectivity index (χ4n) is 1.82. The lowest BCUT2D eigenvalue weighted by molar-refractivity contribution is -0.141. The van der Waals surface area contributed by atoms with Crippen molar-refractivity contribution in [2.24, 2.45) is 0 Å². The van der Waals surface area contributed by atoms with Crippen molar-refractivity contribution < 1.29 is 17.6 Å². The van der Waals surface area contributed by atoms with Crippen LogP contribution in [0.4, 0.5) is 13.2 Å². The molecular weight excluding hydrogens is 341 g/mol. The first-order valence-corrected chi connectivity index (χ1v) is 7.83. The molecule has 0 atom stereocenters. The zero-order valence-electron chi connectivity index (χ0n) is 12.4. The van der Waals surface area contributed by atoms with Crippen LogP contribution in [0.5, 0.6) is 0 Å². The first kappa shape index (κ1) is 16.4. The minimum atomic E-state index is -4.50. The van der Waals surface area contributed by atoms with Crippen molar-refractivity contribution in [3.63, 3.8) is 0 Å². The summed E-state index contributed by atoms with van der Waals surface area (Å²) < 4.78 is 43.3. The van der Waals surface area contributed by atoms with Crippen LogP contribution < -0.4 is 0 Å². The topological polar surface area (TPSA) is 64.7 Å². The van der Waals surface area contributed by atoms with Crippen LogP contribution in [0, 0.1) is 6.92 Å². The van der Waals surface area contributed by atoms with Gasteiger partial charge in [0.05, 0.1) is 5.75 Å². The molecule has 0 spiro atoms. The Morgan fingerprint density at radius 3 is 2.54 bits per heavy atom. The predicted molar refractivity (Wildman–Crippen MR) is 81.1 cm³/mol. The van der Waals surface area contributed by atoms with Crippen molar-refractivity contribution in [3.05, 3.63) is 53.7 Å². The highest BCUT2D eigenvalue weighted by molar-refractivity contribution is 7.98. The van der Waals surface area contributed by atoms with E-state index in [2.05, 4.69) is 20.2 Å². The molecule has 9 heteroatoms. The normalized spacial score (nSPS) is 11.7. The van der Waals surface area contributed by atoms with Crippen LogP contribution in [0.25, 0.3) is 11.5 Å². The van der Waals surface area contributed by atoms with Gasteiger partial charge in [-0.15, -0.1) is 10.2 Å². The van der Waals surface area contributed by atoms with Gasteiger partial charge in [0.15, 0.2) is 5.16 Å².